The van der Waals surface area contributed by atoms with Gasteiger partial charge in [-0.15, -0.1) is 0 Å². The summed E-state index contributed by atoms with van der Waals surface area (Å²) in [7, 11) is 1.64. The maximum atomic E-state index is 6.40. The summed E-state index contributed by atoms with van der Waals surface area (Å²) in [4.78, 5) is 4.37. The van der Waals surface area contributed by atoms with E-state index in [0.29, 0.717) is 0 Å². The predicted octanol–water partition coefficient (Wildman–Crippen LogP) is 2.51. The van der Waals surface area contributed by atoms with Crippen LogP contribution in [0.2, 0.25) is 0 Å². The van der Waals surface area contributed by atoms with Gasteiger partial charge in [-0.3, -0.25) is 4.98 Å². The zero-order valence-electron chi connectivity index (χ0n) is 10.8. The van der Waals surface area contributed by atoms with Crippen molar-refractivity contribution in [3.8, 4) is 5.75 Å². The molecule has 0 spiro atoms. The van der Waals surface area contributed by atoms with E-state index in [2.05, 4.69) is 17.1 Å². The average molecular weight is 242 g/mol. The molecule has 3 heteroatoms. The number of nitrogens with zero attached hydrogens (tertiary/aromatic N) is 1. The summed E-state index contributed by atoms with van der Waals surface area (Å²) >= 11 is 0. The highest BCUT2D eigenvalue weighted by atomic mass is 16.5. The summed E-state index contributed by atoms with van der Waals surface area (Å²) in [6, 6.07) is 13.9. The lowest BCUT2D eigenvalue weighted by Gasteiger charge is -2.25. The monoisotopic (exact) mass is 242 g/mol. The minimum Gasteiger partial charge on any atom is -0.495 e. The molecular formula is C15H18N2O. The first kappa shape index (κ1) is 12.6. The molecule has 2 rings (SSSR count). The molecule has 1 unspecified atom stereocenters. The fourth-order valence-electron chi connectivity index (χ4n) is 2.09. The van der Waals surface area contributed by atoms with Gasteiger partial charge in [0.2, 0.25) is 0 Å². The Hall–Kier alpha value is -1.87. The summed E-state index contributed by atoms with van der Waals surface area (Å²) in [5.41, 5.74) is 7.83. The van der Waals surface area contributed by atoms with E-state index in [4.69, 9.17) is 10.5 Å². The third kappa shape index (κ3) is 2.68. The molecule has 0 saturated carbocycles. The van der Waals surface area contributed by atoms with Crippen LogP contribution in [-0.2, 0) is 12.0 Å². The second kappa shape index (κ2) is 5.19. The van der Waals surface area contributed by atoms with Crippen LogP contribution in [0.5, 0.6) is 5.75 Å². The number of aromatic nitrogens is 1. The van der Waals surface area contributed by atoms with Gasteiger partial charge in [0.25, 0.3) is 0 Å². The number of hydrogen-bond donors (Lipinski definition) is 1. The lowest BCUT2D eigenvalue weighted by atomic mass is 9.89. The summed E-state index contributed by atoms with van der Waals surface area (Å²) in [5, 5.41) is 0. The van der Waals surface area contributed by atoms with Gasteiger partial charge in [0.1, 0.15) is 11.4 Å². The SMILES string of the molecule is COc1cccnc1C(C)(N)Cc1ccccc1. The Kier molecular flexibility index (Phi) is 3.63. The summed E-state index contributed by atoms with van der Waals surface area (Å²) in [6.07, 6.45) is 2.47. The second-order valence-electron chi connectivity index (χ2n) is 4.63. The quantitative estimate of drug-likeness (QED) is 0.896. The number of nitrogens with two attached hydrogens (primary N) is 1. The van der Waals surface area contributed by atoms with Crippen molar-refractivity contribution in [2.45, 2.75) is 18.9 Å². The lowest BCUT2D eigenvalue weighted by molar-refractivity contribution is 0.378. The van der Waals surface area contributed by atoms with E-state index >= 15 is 0 Å². The van der Waals surface area contributed by atoms with E-state index in [0.717, 1.165) is 17.9 Å². The summed E-state index contributed by atoms with van der Waals surface area (Å²) in [5.74, 6) is 0.735. The first-order chi connectivity index (χ1) is 8.63. The van der Waals surface area contributed by atoms with Gasteiger partial charge >= 0.3 is 0 Å². The number of hydrogen-bond acceptors (Lipinski definition) is 3. The van der Waals surface area contributed by atoms with Crippen LogP contribution in [0, 0.1) is 0 Å². The van der Waals surface area contributed by atoms with Crippen LogP contribution in [-0.4, -0.2) is 12.1 Å². The van der Waals surface area contributed by atoms with Crippen molar-refractivity contribution < 1.29 is 4.74 Å². The number of rotatable bonds is 4. The van der Waals surface area contributed by atoms with E-state index in [1.165, 1.54) is 5.56 Å². The normalized spacial score (nSPS) is 13.9. The van der Waals surface area contributed by atoms with Crippen molar-refractivity contribution in [1.82, 2.24) is 4.98 Å². The zero-order valence-corrected chi connectivity index (χ0v) is 10.8. The maximum Gasteiger partial charge on any atom is 0.142 e. The molecule has 1 aromatic heterocycles. The van der Waals surface area contributed by atoms with Crippen molar-refractivity contribution in [1.29, 1.82) is 0 Å². The molecule has 0 amide bonds. The van der Waals surface area contributed by atoms with Crippen LogP contribution in [0.3, 0.4) is 0 Å². The molecule has 0 fully saturated rings. The molecule has 0 aliphatic carbocycles. The van der Waals surface area contributed by atoms with Crippen molar-refractivity contribution in [2.75, 3.05) is 7.11 Å². The summed E-state index contributed by atoms with van der Waals surface area (Å²) < 4.78 is 5.33. The molecule has 1 heterocycles. The number of ether oxygens (including phenoxy) is 1. The Balaban J connectivity index is 2.30. The molecule has 94 valence electrons. The predicted molar refractivity (Wildman–Crippen MR) is 72.5 cm³/mol. The molecular weight excluding hydrogens is 224 g/mol. The molecule has 18 heavy (non-hydrogen) atoms. The Morgan fingerprint density at radius 2 is 1.89 bits per heavy atom. The Morgan fingerprint density at radius 3 is 2.56 bits per heavy atom. The molecule has 0 saturated heterocycles. The van der Waals surface area contributed by atoms with Crippen LogP contribution >= 0.6 is 0 Å². The molecule has 1 aromatic carbocycles. The van der Waals surface area contributed by atoms with Gasteiger partial charge in [-0.1, -0.05) is 30.3 Å². The molecule has 3 nitrogen and oxygen atoms in total. The van der Waals surface area contributed by atoms with Crippen LogP contribution in [0.15, 0.2) is 48.7 Å². The van der Waals surface area contributed by atoms with Gasteiger partial charge in [-0.05, 0) is 31.0 Å². The van der Waals surface area contributed by atoms with Crippen molar-refractivity contribution >= 4 is 0 Å². The summed E-state index contributed by atoms with van der Waals surface area (Å²) in [6.45, 7) is 1.98. The van der Waals surface area contributed by atoms with Crippen LogP contribution in [0.25, 0.3) is 0 Å². The molecule has 1 atom stereocenters. The first-order valence-corrected chi connectivity index (χ1v) is 5.96. The first-order valence-electron chi connectivity index (χ1n) is 5.96. The topological polar surface area (TPSA) is 48.1 Å². The third-order valence-electron chi connectivity index (χ3n) is 2.95. The second-order valence-corrected chi connectivity index (χ2v) is 4.63. The Morgan fingerprint density at radius 1 is 1.17 bits per heavy atom. The molecule has 0 radical (unpaired) electrons. The van der Waals surface area contributed by atoms with Gasteiger partial charge in [-0.2, -0.15) is 0 Å². The van der Waals surface area contributed by atoms with Gasteiger partial charge in [0.15, 0.2) is 0 Å². The molecule has 0 aliphatic rings. The van der Waals surface area contributed by atoms with Gasteiger partial charge in [0.05, 0.1) is 12.6 Å². The Labute approximate surface area is 108 Å². The molecule has 2 N–H and O–H groups in total. The van der Waals surface area contributed by atoms with Gasteiger partial charge in [-0.25, -0.2) is 0 Å². The standard InChI is InChI=1S/C15H18N2O/c1-15(16,11-12-7-4-3-5-8-12)14-13(18-2)9-6-10-17-14/h3-10H,11,16H2,1-2H3. The molecule has 0 aliphatic heterocycles. The van der Waals surface area contributed by atoms with Crippen molar-refractivity contribution in [3.05, 3.63) is 59.9 Å². The fourth-order valence-corrected chi connectivity index (χ4v) is 2.09. The minimum atomic E-state index is -0.548. The third-order valence-corrected chi connectivity index (χ3v) is 2.95. The minimum absolute atomic E-state index is 0.548. The highest BCUT2D eigenvalue weighted by Crippen LogP contribution is 2.28. The van der Waals surface area contributed by atoms with E-state index in [-0.39, 0.29) is 0 Å². The van der Waals surface area contributed by atoms with Crippen molar-refractivity contribution in [2.24, 2.45) is 5.73 Å². The number of methoxy groups -OCH3 is 1. The maximum absolute atomic E-state index is 6.40. The smallest absolute Gasteiger partial charge is 0.142 e. The average Bonchev–Trinajstić information content (AvgIpc) is 2.39. The van der Waals surface area contributed by atoms with Crippen molar-refractivity contribution in [3.63, 3.8) is 0 Å². The molecule has 0 bridgehead atoms. The van der Waals surface area contributed by atoms with Gasteiger partial charge < -0.3 is 10.5 Å². The van der Waals surface area contributed by atoms with Crippen LogP contribution in [0.4, 0.5) is 0 Å². The van der Waals surface area contributed by atoms with Crippen LogP contribution < -0.4 is 10.5 Å². The highest BCUT2D eigenvalue weighted by molar-refractivity contribution is 5.34. The number of benzene rings is 1. The van der Waals surface area contributed by atoms with E-state index in [1.54, 1.807) is 13.3 Å². The van der Waals surface area contributed by atoms with Crippen LogP contribution in [0.1, 0.15) is 18.2 Å². The Bertz CT molecular complexity index is 509. The fraction of sp³-hybridized carbons (Fsp3) is 0.267. The number of pyridine rings is 1. The van der Waals surface area contributed by atoms with E-state index < -0.39 is 5.54 Å². The molecule has 2 aromatic rings. The van der Waals surface area contributed by atoms with E-state index in [9.17, 15) is 0 Å². The van der Waals surface area contributed by atoms with E-state index in [1.807, 2.05) is 37.3 Å². The zero-order chi connectivity index (χ0) is 13.0. The largest absolute Gasteiger partial charge is 0.495 e. The van der Waals surface area contributed by atoms with Gasteiger partial charge in [0, 0.05) is 6.20 Å². The lowest BCUT2D eigenvalue weighted by Crippen LogP contribution is -2.36. The highest BCUT2D eigenvalue weighted by Gasteiger charge is 2.26.